The van der Waals surface area contributed by atoms with Crippen LogP contribution < -0.4 is 14.8 Å². The topological polar surface area (TPSA) is 30.5 Å². The van der Waals surface area contributed by atoms with E-state index in [4.69, 9.17) is 21.1 Å². The zero-order valence-corrected chi connectivity index (χ0v) is 11.5. The molecule has 1 aromatic carbocycles. The molecule has 98 valence electrons. The van der Waals surface area contributed by atoms with Gasteiger partial charge >= 0.3 is 0 Å². The van der Waals surface area contributed by atoms with Crippen LogP contribution in [0.3, 0.4) is 0 Å². The predicted molar refractivity (Wildman–Crippen MR) is 75.0 cm³/mol. The van der Waals surface area contributed by atoms with E-state index >= 15 is 0 Å². The Morgan fingerprint density at radius 2 is 2.00 bits per heavy atom. The molecule has 0 saturated carbocycles. The highest BCUT2D eigenvalue weighted by Gasteiger charge is 2.14. The third kappa shape index (κ3) is 2.91. The van der Waals surface area contributed by atoms with Crippen LogP contribution in [0.5, 0.6) is 11.5 Å². The molecule has 0 aliphatic heterocycles. The van der Waals surface area contributed by atoms with E-state index < -0.39 is 0 Å². The number of allylic oxidation sites excluding steroid dienone is 1. The number of hydrogen-bond acceptors (Lipinski definition) is 3. The monoisotopic (exact) mass is 267 g/mol. The molecular formula is C14H18ClNO2. The van der Waals surface area contributed by atoms with Crippen LogP contribution in [-0.4, -0.2) is 20.3 Å². The lowest BCUT2D eigenvalue weighted by atomic mass is 10.0. The largest absolute Gasteiger partial charge is 0.495 e. The van der Waals surface area contributed by atoms with Gasteiger partial charge in [0, 0.05) is 18.2 Å². The van der Waals surface area contributed by atoms with Crippen LogP contribution in [0.4, 0.5) is 5.69 Å². The van der Waals surface area contributed by atoms with Gasteiger partial charge in [-0.25, -0.2) is 0 Å². The number of benzene rings is 1. The maximum atomic E-state index is 6.08. The minimum Gasteiger partial charge on any atom is -0.495 e. The Bertz CT molecular complexity index is 446. The average molecular weight is 268 g/mol. The molecule has 0 radical (unpaired) electrons. The van der Waals surface area contributed by atoms with Crippen LogP contribution in [0.2, 0.25) is 5.02 Å². The van der Waals surface area contributed by atoms with Crippen molar-refractivity contribution >= 4 is 17.3 Å². The van der Waals surface area contributed by atoms with Crippen molar-refractivity contribution in [3.63, 3.8) is 0 Å². The first-order valence-corrected chi connectivity index (χ1v) is 6.47. The van der Waals surface area contributed by atoms with E-state index in [0.717, 1.165) is 17.9 Å². The van der Waals surface area contributed by atoms with Crippen LogP contribution >= 0.6 is 11.6 Å². The van der Waals surface area contributed by atoms with Gasteiger partial charge in [0.1, 0.15) is 11.5 Å². The summed E-state index contributed by atoms with van der Waals surface area (Å²) in [5, 5.41) is 4.01. The van der Waals surface area contributed by atoms with E-state index in [1.54, 1.807) is 20.3 Å². The molecule has 4 heteroatoms. The molecule has 0 saturated heterocycles. The van der Waals surface area contributed by atoms with E-state index in [-0.39, 0.29) is 0 Å². The van der Waals surface area contributed by atoms with Crippen molar-refractivity contribution in [1.82, 2.24) is 0 Å². The summed E-state index contributed by atoms with van der Waals surface area (Å²) in [4.78, 5) is 0. The molecule has 1 unspecified atom stereocenters. The van der Waals surface area contributed by atoms with Gasteiger partial charge in [0.2, 0.25) is 0 Å². The van der Waals surface area contributed by atoms with E-state index in [1.807, 2.05) is 6.07 Å². The number of nitrogens with one attached hydrogen (secondary N) is 1. The third-order valence-corrected chi connectivity index (χ3v) is 3.36. The van der Waals surface area contributed by atoms with Gasteiger partial charge in [0.25, 0.3) is 0 Å². The summed E-state index contributed by atoms with van der Waals surface area (Å²) in [5.41, 5.74) is 0.912. The summed E-state index contributed by atoms with van der Waals surface area (Å²) in [6.07, 6.45) is 7.91. The quantitative estimate of drug-likeness (QED) is 0.840. The van der Waals surface area contributed by atoms with Crippen LogP contribution in [-0.2, 0) is 0 Å². The Kier molecular flexibility index (Phi) is 4.37. The van der Waals surface area contributed by atoms with Gasteiger partial charge in [-0.15, -0.1) is 0 Å². The van der Waals surface area contributed by atoms with Gasteiger partial charge in [0.15, 0.2) is 0 Å². The Labute approximate surface area is 113 Å². The Morgan fingerprint density at radius 3 is 2.61 bits per heavy atom. The number of rotatable bonds is 4. The van der Waals surface area contributed by atoms with Gasteiger partial charge in [-0.2, -0.15) is 0 Å². The molecule has 18 heavy (non-hydrogen) atoms. The molecule has 0 aromatic heterocycles. The molecule has 0 heterocycles. The van der Waals surface area contributed by atoms with Crippen molar-refractivity contribution in [3.05, 3.63) is 29.3 Å². The fourth-order valence-corrected chi connectivity index (χ4v) is 2.34. The molecule has 0 amide bonds. The molecule has 0 bridgehead atoms. The second kappa shape index (κ2) is 6.01. The third-order valence-electron chi connectivity index (χ3n) is 3.07. The van der Waals surface area contributed by atoms with Crippen molar-refractivity contribution in [2.75, 3.05) is 19.5 Å². The molecular weight excluding hydrogens is 250 g/mol. The SMILES string of the molecule is COc1cc(NC2C=CCCC2)c(OC)cc1Cl. The standard InChI is InChI=1S/C14H18ClNO2/c1-17-13-9-12(14(18-2)8-11(13)15)16-10-6-4-3-5-7-10/h4,6,8-10,16H,3,5,7H2,1-2H3. The Hall–Kier alpha value is -1.35. The lowest BCUT2D eigenvalue weighted by Gasteiger charge is -2.21. The highest BCUT2D eigenvalue weighted by molar-refractivity contribution is 6.32. The fourth-order valence-electron chi connectivity index (χ4n) is 2.11. The second-order valence-electron chi connectivity index (χ2n) is 4.30. The van der Waals surface area contributed by atoms with Crippen LogP contribution in [0, 0.1) is 0 Å². The molecule has 3 nitrogen and oxygen atoms in total. The van der Waals surface area contributed by atoms with Crippen molar-refractivity contribution in [2.45, 2.75) is 25.3 Å². The fraction of sp³-hybridized carbons (Fsp3) is 0.429. The number of hydrogen-bond donors (Lipinski definition) is 1. The molecule has 0 fully saturated rings. The maximum absolute atomic E-state index is 6.08. The molecule has 2 rings (SSSR count). The van der Waals surface area contributed by atoms with Gasteiger partial charge in [0.05, 0.1) is 24.9 Å². The average Bonchev–Trinajstić information content (AvgIpc) is 2.41. The lowest BCUT2D eigenvalue weighted by molar-refractivity contribution is 0.404. The molecule has 1 N–H and O–H groups in total. The van der Waals surface area contributed by atoms with Crippen molar-refractivity contribution in [2.24, 2.45) is 0 Å². The van der Waals surface area contributed by atoms with E-state index in [0.29, 0.717) is 16.8 Å². The van der Waals surface area contributed by atoms with Gasteiger partial charge in [-0.05, 0) is 19.3 Å². The van der Waals surface area contributed by atoms with E-state index in [9.17, 15) is 0 Å². The lowest BCUT2D eigenvalue weighted by Crippen LogP contribution is -2.19. The summed E-state index contributed by atoms with van der Waals surface area (Å²) >= 11 is 6.08. The number of ether oxygens (including phenoxy) is 2. The summed E-state index contributed by atoms with van der Waals surface area (Å²) in [6, 6.07) is 4.00. The van der Waals surface area contributed by atoms with Crippen LogP contribution in [0.25, 0.3) is 0 Å². The second-order valence-corrected chi connectivity index (χ2v) is 4.70. The first-order valence-electron chi connectivity index (χ1n) is 6.09. The molecule has 0 spiro atoms. The molecule has 1 aliphatic carbocycles. The number of methoxy groups -OCH3 is 2. The summed E-state index contributed by atoms with van der Waals surface area (Å²) in [6.45, 7) is 0. The van der Waals surface area contributed by atoms with Crippen molar-refractivity contribution in [1.29, 1.82) is 0 Å². The van der Waals surface area contributed by atoms with Crippen molar-refractivity contribution < 1.29 is 9.47 Å². The Morgan fingerprint density at radius 1 is 1.22 bits per heavy atom. The highest BCUT2D eigenvalue weighted by atomic mass is 35.5. The minimum absolute atomic E-state index is 0.346. The number of anilines is 1. The first-order chi connectivity index (χ1) is 8.74. The summed E-state index contributed by atoms with van der Waals surface area (Å²) < 4.78 is 10.6. The van der Waals surface area contributed by atoms with Gasteiger partial charge in [-0.3, -0.25) is 0 Å². The zero-order chi connectivity index (χ0) is 13.0. The smallest absolute Gasteiger partial charge is 0.143 e. The molecule has 1 aliphatic rings. The minimum atomic E-state index is 0.346. The van der Waals surface area contributed by atoms with E-state index in [1.165, 1.54) is 12.8 Å². The normalized spacial score (nSPS) is 18.5. The van der Waals surface area contributed by atoms with Gasteiger partial charge in [-0.1, -0.05) is 23.8 Å². The maximum Gasteiger partial charge on any atom is 0.143 e. The van der Waals surface area contributed by atoms with E-state index in [2.05, 4.69) is 17.5 Å². The first kappa shape index (κ1) is 13.1. The summed E-state index contributed by atoms with van der Waals surface area (Å²) in [7, 11) is 3.25. The van der Waals surface area contributed by atoms with Crippen molar-refractivity contribution in [3.8, 4) is 11.5 Å². The summed E-state index contributed by atoms with van der Waals surface area (Å²) in [5.74, 6) is 1.39. The molecule has 1 aromatic rings. The Balaban J connectivity index is 2.24. The zero-order valence-electron chi connectivity index (χ0n) is 10.7. The predicted octanol–water partition coefficient (Wildman–Crippen LogP) is 3.88. The highest BCUT2D eigenvalue weighted by Crippen LogP contribution is 2.36. The van der Waals surface area contributed by atoms with Crippen LogP contribution in [0.15, 0.2) is 24.3 Å². The van der Waals surface area contributed by atoms with Gasteiger partial charge < -0.3 is 14.8 Å². The number of halogens is 1. The van der Waals surface area contributed by atoms with Crippen LogP contribution in [0.1, 0.15) is 19.3 Å². The molecule has 1 atom stereocenters.